The first-order valence-corrected chi connectivity index (χ1v) is 7.56. The molecule has 110 valence electrons. The molecule has 3 heteroatoms. The lowest BCUT2D eigenvalue weighted by atomic mass is 10.1. The minimum absolute atomic E-state index is 0.455. The normalized spacial score (nSPS) is 11.4. The Morgan fingerprint density at radius 2 is 2.05 bits per heavy atom. The molecular weight excluding hydrogens is 250 g/mol. The average molecular weight is 275 g/mol. The van der Waals surface area contributed by atoms with Gasteiger partial charge in [0.2, 0.25) is 0 Å². The van der Waals surface area contributed by atoms with Crippen LogP contribution in [0, 0.1) is 0 Å². The van der Waals surface area contributed by atoms with Crippen LogP contribution < -0.4 is 10.1 Å². The van der Waals surface area contributed by atoms with Gasteiger partial charge in [0.1, 0.15) is 17.1 Å². The Kier molecular flexibility index (Phi) is 5.07. The van der Waals surface area contributed by atoms with Gasteiger partial charge in [-0.05, 0) is 31.0 Å². The lowest BCUT2D eigenvalue weighted by Gasteiger charge is -2.07. The molecule has 0 atom stereocenters. The summed E-state index contributed by atoms with van der Waals surface area (Å²) < 4.78 is 11.7. The van der Waals surface area contributed by atoms with Gasteiger partial charge in [0.25, 0.3) is 0 Å². The maximum Gasteiger partial charge on any atom is 0.134 e. The molecule has 1 aromatic carbocycles. The van der Waals surface area contributed by atoms with Crippen molar-refractivity contribution >= 4 is 11.0 Å². The standard InChI is InChI=1S/C17H25NO2/c1-5-9-19-13-7-8-16-15(10-13)14(6-2)17(20-16)11-18-12(3)4/h7-8,10,12,18H,5-6,9,11H2,1-4H3. The quantitative estimate of drug-likeness (QED) is 0.819. The molecule has 0 unspecified atom stereocenters. The van der Waals surface area contributed by atoms with Crippen LogP contribution in [0.25, 0.3) is 11.0 Å². The highest BCUT2D eigenvalue weighted by atomic mass is 16.5. The summed E-state index contributed by atoms with van der Waals surface area (Å²) in [6.45, 7) is 10.1. The molecule has 1 aromatic heterocycles. The molecule has 0 saturated heterocycles. The Balaban J connectivity index is 2.31. The van der Waals surface area contributed by atoms with Crippen LogP contribution in [-0.2, 0) is 13.0 Å². The van der Waals surface area contributed by atoms with Crippen LogP contribution in [0.5, 0.6) is 5.75 Å². The minimum Gasteiger partial charge on any atom is -0.494 e. The van der Waals surface area contributed by atoms with E-state index in [4.69, 9.17) is 9.15 Å². The molecule has 3 nitrogen and oxygen atoms in total. The molecule has 0 aliphatic rings. The van der Waals surface area contributed by atoms with E-state index in [2.05, 4.69) is 39.1 Å². The van der Waals surface area contributed by atoms with Crippen molar-refractivity contribution in [3.63, 3.8) is 0 Å². The van der Waals surface area contributed by atoms with E-state index in [-0.39, 0.29) is 0 Å². The number of rotatable bonds is 7. The number of nitrogens with one attached hydrogen (secondary N) is 1. The van der Waals surface area contributed by atoms with Crippen molar-refractivity contribution in [1.29, 1.82) is 0 Å². The molecule has 0 bridgehead atoms. The molecule has 1 N–H and O–H groups in total. The van der Waals surface area contributed by atoms with Crippen molar-refractivity contribution in [2.45, 2.75) is 53.1 Å². The Hall–Kier alpha value is -1.48. The summed E-state index contributed by atoms with van der Waals surface area (Å²) in [4.78, 5) is 0. The van der Waals surface area contributed by atoms with Crippen molar-refractivity contribution in [3.05, 3.63) is 29.5 Å². The van der Waals surface area contributed by atoms with Crippen molar-refractivity contribution in [3.8, 4) is 5.75 Å². The summed E-state index contributed by atoms with van der Waals surface area (Å²) in [5.41, 5.74) is 2.24. The van der Waals surface area contributed by atoms with Gasteiger partial charge in [0, 0.05) is 17.0 Å². The summed E-state index contributed by atoms with van der Waals surface area (Å²) in [5, 5.41) is 4.60. The third kappa shape index (κ3) is 3.34. The molecule has 0 spiro atoms. The van der Waals surface area contributed by atoms with Crippen molar-refractivity contribution in [2.75, 3.05) is 6.61 Å². The lowest BCUT2D eigenvalue weighted by Crippen LogP contribution is -2.22. The van der Waals surface area contributed by atoms with E-state index in [0.29, 0.717) is 6.04 Å². The van der Waals surface area contributed by atoms with Crippen LogP contribution in [0.2, 0.25) is 0 Å². The van der Waals surface area contributed by atoms with Crippen molar-refractivity contribution < 1.29 is 9.15 Å². The molecule has 0 radical (unpaired) electrons. The fourth-order valence-electron chi connectivity index (χ4n) is 2.32. The van der Waals surface area contributed by atoms with Crippen LogP contribution in [-0.4, -0.2) is 12.6 Å². The zero-order chi connectivity index (χ0) is 14.5. The van der Waals surface area contributed by atoms with Gasteiger partial charge in [-0.1, -0.05) is 27.7 Å². The molecule has 0 fully saturated rings. The van der Waals surface area contributed by atoms with Gasteiger partial charge in [-0.3, -0.25) is 0 Å². The zero-order valence-corrected chi connectivity index (χ0v) is 13.0. The Bertz CT molecular complexity index is 557. The number of hydrogen-bond donors (Lipinski definition) is 1. The van der Waals surface area contributed by atoms with Crippen LogP contribution >= 0.6 is 0 Å². The van der Waals surface area contributed by atoms with Gasteiger partial charge >= 0.3 is 0 Å². The summed E-state index contributed by atoms with van der Waals surface area (Å²) in [5.74, 6) is 1.97. The monoisotopic (exact) mass is 275 g/mol. The lowest BCUT2D eigenvalue weighted by molar-refractivity contribution is 0.318. The van der Waals surface area contributed by atoms with E-state index in [1.54, 1.807) is 0 Å². The van der Waals surface area contributed by atoms with E-state index >= 15 is 0 Å². The van der Waals surface area contributed by atoms with Crippen LogP contribution in [0.4, 0.5) is 0 Å². The third-order valence-corrected chi connectivity index (χ3v) is 3.34. The second kappa shape index (κ2) is 6.80. The number of fused-ring (bicyclic) bond motifs is 1. The van der Waals surface area contributed by atoms with Crippen LogP contribution in [0.3, 0.4) is 0 Å². The second-order valence-electron chi connectivity index (χ2n) is 5.40. The SMILES string of the molecule is CCCOc1ccc2oc(CNC(C)C)c(CC)c2c1. The van der Waals surface area contributed by atoms with Crippen molar-refractivity contribution in [1.82, 2.24) is 5.32 Å². The molecule has 0 aliphatic carbocycles. The summed E-state index contributed by atoms with van der Waals surface area (Å²) >= 11 is 0. The van der Waals surface area contributed by atoms with Crippen LogP contribution in [0.1, 0.15) is 45.4 Å². The number of ether oxygens (including phenoxy) is 1. The first kappa shape index (κ1) is 14.9. The first-order chi connectivity index (χ1) is 9.65. The summed E-state index contributed by atoms with van der Waals surface area (Å²) in [6, 6.07) is 6.56. The van der Waals surface area contributed by atoms with E-state index in [9.17, 15) is 0 Å². The predicted molar refractivity (Wildman–Crippen MR) is 83.4 cm³/mol. The summed E-state index contributed by atoms with van der Waals surface area (Å²) in [6.07, 6.45) is 1.99. The minimum atomic E-state index is 0.455. The Morgan fingerprint density at radius 1 is 1.25 bits per heavy atom. The van der Waals surface area contributed by atoms with Gasteiger partial charge in [-0.2, -0.15) is 0 Å². The zero-order valence-electron chi connectivity index (χ0n) is 13.0. The van der Waals surface area contributed by atoms with Gasteiger partial charge < -0.3 is 14.5 Å². The molecular formula is C17H25NO2. The van der Waals surface area contributed by atoms with Gasteiger partial charge in [0.05, 0.1) is 13.2 Å². The fourth-order valence-corrected chi connectivity index (χ4v) is 2.32. The van der Waals surface area contributed by atoms with Crippen LogP contribution in [0.15, 0.2) is 22.6 Å². The van der Waals surface area contributed by atoms with E-state index in [1.807, 2.05) is 12.1 Å². The molecule has 0 saturated carbocycles. The molecule has 20 heavy (non-hydrogen) atoms. The van der Waals surface area contributed by atoms with Gasteiger partial charge in [0.15, 0.2) is 0 Å². The van der Waals surface area contributed by atoms with E-state index in [1.165, 1.54) is 10.9 Å². The highest BCUT2D eigenvalue weighted by Crippen LogP contribution is 2.30. The van der Waals surface area contributed by atoms with Gasteiger partial charge in [-0.15, -0.1) is 0 Å². The fraction of sp³-hybridized carbons (Fsp3) is 0.529. The molecule has 1 heterocycles. The Morgan fingerprint density at radius 3 is 2.70 bits per heavy atom. The summed E-state index contributed by atoms with van der Waals surface area (Å²) in [7, 11) is 0. The highest BCUT2D eigenvalue weighted by molar-refractivity contribution is 5.83. The largest absolute Gasteiger partial charge is 0.494 e. The maximum absolute atomic E-state index is 5.98. The first-order valence-electron chi connectivity index (χ1n) is 7.56. The second-order valence-corrected chi connectivity index (χ2v) is 5.40. The number of hydrogen-bond acceptors (Lipinski definition) is 3. The van der Waals surface area contributed by atoms with E-state index < -0.39 is 0 Å². The molecule has 2 rings (SSSR count). The van der Waals surface area contributed by atoms with Gasteiger partial charge in [-0.25, -0.2) is 0 Å². The molecule has 2 aromatic rings. The maximum atomic E-state index is 5.98. The number of aryl methyl sites for hydroxylation is 1. The molecule has 0 amide bonds. The predicted octanol–water partition coefficient (Wildman–Crippen LogP) is 4.28. The third-order valence-electron chi connectivity index (χ3n) is 3.34. The Labute approximate surface area is 121 Å². The highest BCUT2D eigenvalue weighted by Gasteiger charge is 2.13. The molecule has 0 aliphatic heterocycles. The average Bonchev–Trinajstić information content (AvgIpc) is 2.79. The number of benzene rings is 1. The van der Waals surface area contributed by atoms with Crippen molar-refractivity contribution in [2.24, 2.45) is 0 Å². The number of furan rings is 1. The van der Waals surface area contributed by atoms with E-state index in [0.717, 1.165) is 43.1 Å². The smallest absolute Gasteiger partial charge is 0.134 e. The topological polar surface area (TPSA) is 34.4 Å².